The quantitative estimate of drug-likeness (QED) is 0.115. The van der Waals surface area contributed by atoms with Gasteiger partial charge in [0.1, 0.15) is 67.1 Å². The van der Waals surface area contributed by atoms with E-state index in [0.717, 1.165) is 0 Å². The monoisotopic (exact) mass is 655 g/mol. The fourth-order valence-corrected chi connectivity index (χ4v) is 6.67. The third-order valence-electron chi connectivity index (χ3n) is 9.38. The maximum atomic E-state index is 11.2. The van der Waals surface area contributed by atoms with Gasteiger partial charge in [-0.25, -0.2) is 0 Å². The molecule has 5 fully saturated rings. The average molecular weight is 656 g/mol. The van der Waals surface area contributed by atoms with Gasteiger partial charge in [0.25, 0.3) is 0 Å². The molecule has 0 bridgehead atoms. The first kappa shape index (κ1) is 35.5. The first-order valence-electron chi connectivity index (χ1n) is 15.3. The summed E-state index contributed by atoms with van der Waals surface area (Å²) < 4.78 is 41.0. The Bertz CT molecular complexity index is 962. The van der Waals surface area contributed by atoms with Gasteiger partial charge >= 0.3 is 0 Å². The van der Waals surface area contributed by atoms with Crippen molar-refractivity contribution in [2.24, 2.45) is 28.7 Å². The highest BCUT2D eigenvalue weighted by Gasteiger charge is 2.55. The molecule has 45 heavy (non-hydrogen) atoms. The average Bonchev–Trinajstić information content (AvgIpc) is 3.18. The molecule has 0 spiro atoms. The van der Waals surface area contributed by atoms with Gasteiger partial charge in [0, 0.05) is 25.2 Å². The van der Waals surface area contributed by atoms with Crippen molar-refractivity contribution in [1.82, 2.24) is 0 Å². The number of ether oxygens (including phenoxy) is 7. The van der Waals surface area contributed by atoms with Gasteiger partial charge in [-0.3, -0.25) is 0 Å². The molecule has 5 rings (SSSR count). The van der Waals surface area contributed by atoms with Crippen molar-refractivity contribution in [3.05, 3.63) is 0 Å². The summed E-state index contributed by atoms with van der Waals surface area (Å²) >= 11 is 0. The summed E-state index contributed by atoms with van der Waals surface area (Å²) in [6, 6.07) is -4.08. The van der Waals surface area contributed by atoms with Crippen molar-refractivity contribution >= 4 is 0 Å². The molecule has 0 aromatic rings. The first-order valence-corrected chi connectivity index (χ1v) is 15.3. The topological polar surface area (TPSA) is 336 Å². The molecular formula is C26H49N5O14. The van der Waals surface area contributed by atoms with E-state index in [4.69, 9.17) is 61.8 Å². The van der Waals surface area contributed by atoms with Crippen LogP contribution < -0.4 is 28.7 Å². The zero-order valence-electron chi connectivity index (χ0n) is 24.7. The van der Waals surface area contributed by atoms with E-state index in [1.807, 2.05) is 0 Å². The van der Waals surface area contributed by atoms with Crippen LogP contribution in [0.25, 0.3) is 0 Å². The molecule has 19 heteroatoms. The van der Waals surface area contributed by atoms with Crippen LogP contribution >= 0.6 is 0 Å². The number of aliphatic hydroxyl groups is 7. The molecule has 5 aliphatic rings. The minimum Gasteiger partial charge on any atom is -0.394 e. The maximum absolute atomic E-state index is 11.2. The summed E-state index contributed by atoms with van der Waals surface area (Å²) in [6.07, 6.45) is -19.0. The van der Waals surface area contributed by atoms with Crippen LogP contribution in [0.5, 0.6) is 0 Å². The predicted octanol–water partition coefficient (Wildman–Crippen LogP) is -7.68. The molecule has 0 aromatic heterocycles. The molecule has 0 amide bonds. The van der Waals surface area contributed by atoms with E-state index >= 15 is 0 Å². The molecule has 17 N–H and O–H groups in total. The highest BCUT2D eigenvalue weighted by molar-refractivity contribution is 5.03. The normalized spacial score (nSPS) is 54.4. The van der Waals surface area contributed by atoms with Gasteiger partial charge in [0.15, 0.2) is 18.9 Å². The molecule has 1 aliphatic carbocycles. The molecular weight excluding hydrogens is 606 g/mol. The van der Waals surface area contributed by atoms with Crippen LogP contribution in [-0.2, 0) is 33.2 Å². The van der Waals surface area contributed by atoms with Crippen LogP contribution in [0.3, 0.4) is 0 Å². The second-order valence-corrected chi connectivity index (χ2v) is 12.5. The van der Waals surface area contributed by atoms with E-state index in [0.29, 0.717) is 19.4 Å². The summed E-state index contributed by atoms with van der Waals surface area (Å²) in [5, 5.41) is 74.3. The summed E-state index contributed by atoms with van der Waals surface area (Å²) in [5.41, 5.74) is 30.4. The number of fused-ring (bicyclic) bond motifs is 1. The summed E-state index contributed by atoms with van der Waals surface area (Å²) in [7, 11) is 0. The zero-order valence-corrected chi connectivity index (χ0v) is 24.7. The summed E-state index contributed by atoms with van der Waals surface area (Å²) in [6.45, 7) is -0.497. The Labute approximate surface area is 259 Å². The van der Waals surface area contributed by atoms with Crippen LogP contribution in [0.2, 0.25) is 0 Å². The third kappa shape index (κ3) is 7.04. The van der Waals surface area contributed by atoms with Crippen LogP contribution in [0.4, 0.5) is 0 Å². The van der Waals surface area contributed by atoms with E-state index in [1.165, 1.54) is 0 Å². The van der Waals surface area contributed by atoms with Crippen LogP contribution in [0.1, 0.15) is 19.3 Å². The lowest BCUT2D eigenvalue weighted by molar-refractivity contribution is -0.317. The molecule has 0 aromatic carbocycles. The van der Waals surface area contributed by atoms with E-state index in [9.17, 15) is 35.7 Å². The SMILES string of the molecule is NC[C@@H]1O[C@H](O[C@H]2[C@@H](O)[C@H](O[C@@H]3[C@@H](O)[C@H](N)C[C@H](N)[C@H]3O[C@H]3O[C@H]4[C@@H](OCCC[C@H]4O)[C@H](O)[C@H]3N)O[C@@H]2CO)[C@H](N)[C@@H](O)[C@@H]1O. The number of hydrogen-bond acceptors (Lipinski definition) is 19. The number of nitrogens with two attached hydrogens (primary N) is 5. The second kappa shape index (κ2) is 14.8. The lowest BCUT2D eigenvalue weighted by Gasteiger charge is -2.48. The molecule has 0 radical (unpaired) electrons. The van der Waals surface area contributed by atoms with Crippen molar-refractivity contribution in [2.45, 2.75) is 142 Å². The highest BCUT2D eigenvalue weighted by Crippen LogP contribution is 2.35. The Kier molecular flexibility index (Phi) is 11.7. The Balaban J connectivity index is 1.31. The smallest absolute Gasteiger partial charge is 0.187 e. The maximum Gasteiger partial charge on any atom is 0.187 e. The number of rotatable bonds is 8. The van der Waals surface area contributed by atoms with Gasteiger partial charge in [0.2, 0.25) is 0 Å². The fraction of sp³-hybridized carbons (Fsp3) is 1.00. The third-order valence-corrected chi connectivity index (χ3v) is 9.38. The molecule has 4 saturated heterocycles. The standard InChI is InChI=1S/C26H49N5O14/c27-5-10-15(35)16(36)12(30)24(40-10)44-21-11(6-32)41-26(18(21)38)45-23-14(34)7(28)4-8(29)19(23)42-25-13(31)17(37)22-20(43-25)9(33)2-1-3-39-22/h7-26,32-38H,1-6,27-31H2/t7-,8+,9-,10+,11-,12-,13-,14+,15-,16-,17-,18-,19-,20-,21-,22+,23-,24-,25+,26+/m1/s1. The predicted molar refractivity (Wildman–Crippen MR) is 148 cm³/mol. The van der Waals surface area contributed by atoms with Crippen molar-refractivity contribution in [3.63, 3.8) is 0 Å². The molecule has 20 atom stereocenters. The molecule has 4 aliphatic heterocycles. The highest BCUT2D eigenvalue weighted by atomic mass is 16.8. The molecule has 262 valence electrons. The minimum atomic E-state index is -1.60. The Hall–Kier alpha value is -0.760. The Morgan fingerprint density at radius 3 is 1.93 bits per heavy atom. The van der Waals surface area contributed by atoms with E-state index in [1.54, 1.807) is 0 Å². The summed E-state index contributed by atoms with van der Waals surface area (Å²) in [4.78, 5) is 0. The summed E-state index contributed by atoms with van der Waals surface area (Å²) in [5.74, 6) is 0. The second-order valence-electron chi connectivity index (χ2n) is 12.5. The molecule has 4 heterocycles. The number of hydrogen-bond donors (Lipinski definition) is 12. The lowest BCUT2D eigenvalue weighted by atomic mass is 9.84. The van der Waals surface area contributed by atoms with E-state index in [-0.39, 0.29) is 13.0 Å². The van der Waals surface area contributed by atoms with Gasteiger partial charge < -0.3 is 97.6 Å². The Morgan fingerprint density at radius 1 is 0.622 bits per heavy atom. The van der Waals surface area contributed by atoms with Gasteiger partial charge in [0.05, 0.1) is 30.9 Å². The lowest BCUT2D eigenvalue weighted by Crippen LogP contribution is -2.68. The largest absolute Gasteiger partial charge is 0.394 e. The zero-order chi connectivity index (χ0) is 32.7. The van der Waals surface area contributed by atoms with E-state index in [2.05, 4.69) is 0 Å². The van der Waals surface area contributed by atoms with Gasteiger partial charge in [-0.1, -0.05) is 0 Å². The van der Waals surface area contributed by atoms with Crippen molar-refractivity contribution in [2.75, 3.05) is 19.8 Å². The van der Waals surface area contributed by atoms with Crippen molar-refractivity contribution in [1.29, 1.82) is 0 Å². The van der Waals surface area contributed by atoms with Crippen LogP contribution in [0.15, 0.2) is 0 Å². The van der Waals surface area contributed by atoms with E-state index < -0.39 is 129 Å². The fourth-order valence-electron chi connectivity index (χ4n) is 6.67. The Morgan fingerprint density at radius 2 is 1.24 bits per heavy atom. The minimum absolute atomic E-state index is 0.0977. The van der Waals surface area contributed by atoms with Crippen LogP contribution in [-0.4, -0.2) is 178 Å². The van der Waals surface area contributed by atoms with Crippen molar-refractivity contribution in [3.8, 4) is 0 Å². The molecule has 1 saturated carbocycles. The first-order chi connectivity index (χ1) is 21.4. The molecule has 0 unspecified atom stereocenters. The van der Waals surface area contributed by atoms with Crippen molar-refractivity contribution < 1.29 is 68.9 Å². The molecule has 19 nitrogen and oxygen atoms in total. The van der Waals surface area contributed by atoms with Gasteiger partial charge in [-0.15, -0.1) is 0 Å². The van der Waals surface area contributed by atoms with Crippen LogP contribution in [0, 0.1) is 0 Å². The van der Waals surface area contributed by atoms with Gasteiger partial charge in [-0.05, 0) is 19.3 Å². The van der Waals surface area contributed by atoms with Gasteiger partial charge in [-0.2, -0.15) is 0 Å². The number of aliphatic hydroxyl groups excluding tert-OH is 7.